The third kappa shape index (κ3) is 4.99. The summed E-state index contributed by atoms with van der Waals surface area (Å²) in [5.41, 5.74) is 0.504. The first-order valence-corrected chi connectivity index (χ1v) is 6.20. The molecule has 1 amide bonds. The predicted molar refractivity (Wildman–Crippen MR) is 71.4 cm³/mol. The van der Waals surface area contributed by atoms with Crippen molar-refractivity contribution in [3.8, 4) is 5.75 Å². The molecule has 1 aromatic rings. The number of ether oxygens (including phenoxy) is 1. The van der Waals surface area contributed by atoms with Gasteiger partial charge in [0.15, 0.2) is 0 Å². The van der Waals surface area contributed by atoms with Crippen molar-refractivity contribution in [1.82, 2.24) is 5.32 Å². The Morgan fingerprint density at radius 2 is 2.16 bits per heavy atom. The number of carbonyl (C=O) groups is 2. The Balaban J connectivity index is 2.56. The van der Waals surface area contributed by atoms with Gasteiger partial charge in [0.1, 0.15) is 5.75 Å². The fourth-order valence-corrected chi connectivity index (χ4v) is 1.71. The summed E-state index contributed by atoms with van der Waals surface area (Å²) in [6.45, 7) is 2.27. The Morgan fingerprint density at radius 1 is 1.42 bits per heavy atom. The van der Waals surface area contributed by atoms with Crippen LogP contribution >= 0.6 is 0 Å². The van der Waals surface area contributed by atoms with Gasteiger partial charge in [-0.05, 0) is 24.1 Å². The third-order valence-corrected chi connectivity index (χ3v) is 2.92. The van der Waals surface area contributed by atoms with Crippen LogP contribution in [0.3, 0.4) is 0 Å². The molecule has 0 aliphatic rings. The Labute approximate surface area is 112 Å². The molecule has 0 aliphatic carbocycles. The van der Waals surface area contributed by atoms with Gasteiger partial charge in [0, 0.05) is 18.5 Å². The molecule has 0 bridgehead atoms. The molecule has 2 N–H and O–H groups in total. The van der Waals surface area contributed by atoms with Gasteiger partial charge in [0.25, 0.3) is 5.91 Å². The van der Waals surface area contributed by atoms with Crippen molar-refractivity contribution in [1.29, 1.82) is 0 Å². The highest BCUT2D eigenvalue weighted by Gasteiger charge is 2.13. The van der Waals surface area contributed by atoms with Gasteiger partial charge in [-0.25, -0.2) is 0 Å². The molecule has 5 heteroatoms. The molecule has 0 heterocycles. The summed E-state index contributed by atoms with van der Waals surface area (Å²) < 4.78 is 5.05. The van der Waals surface area contributed by atoms with E-state index in [4.69, 9.17) is 9.84 Å². The molecule has 0 radical (unpaired) electrons. The Hall–Kier alpha value is -2.04. The lowest BCUT2D eigenvalue weighted by molar-refractivity contribution is -0.138. The van der Waals surface area contributed by atoms with Crippen LogP contribution in [0.1, 0.15) is 30.1 Å². The van der Waals surface area contributed by atoms with E-state index in [9.17, 15) is 9.59 Å². The zero-order chi connectivity index (χ0) is 14.3. The van der Waals surface area contributed by atoms with E-state index in [1.165, 1.54) is 7.11 Å². The van der Waals surface area contributed by atoms with Gasteiger partial charge in [0.2, 0.25) is 0 Å². The van der Waals surface area contributed by atoms with Crippen LogP contribution in [0.25, 0.3) is 0 Å². The van der Waals surface area contributed by atoms with Crippen LogP contribution in [0.15, 0.2) is 24.3 Å². The van der Waals surface area contributed by atoms with Crippen molar-refractivity contribution in [2.75, 3.05) is 13.7 Å². The normalized spacial score (nSPS) is 11.7. The fourth-order valence-electron chi connectivity index (χ4n) is 1.71. The largest absolute Gasteiger partial charge is 0.497 e. The predicted octanol–water partition coefficient (Wildman–Crippen LogP) is 1.93. The van der Waals surface area contributed by atoms with E-state index in [2.05, 4.69) is 5.32 Å². The summed E-state index contributed by atoms with van der Waals surface area (Å²) in [4.78, 5) is 22.5. The first-order valence-electron chi connectivity index (χ1n) is 6.20. The van der Waals surface area contributed by atoms with Crippen LogP contribution in [0.4, 0.5) is 0 Å². The topological polar surface area (TPSA) is 75.6 Å². The monoisotopic (exact) mass is 265 g/mol. The molecule has 0 aromatic heterocycles. The summed E-state index contributed by atoms with van der Waals surface area (Å²) in [5, 5.41) is 11.5. The van der Waals surface area contributed by atoms with Crippen molar-refractivity contribution in [3.63, 3.8) is 0 Å². The average molecular weight is 265 g/mol. The highest BCUT2D eigenvalue weighted by atomic mass is 16.5. The van der Waals surface area contributed by atoms with Gasteiger partial charge in [-0.2, -0.15) is 0 Å². The van der Waals surface area contributed by atoms with E-state index in [-0.39, 0.29) is 18.2 Å². The van der Waals surface area contributed by atoms with Crippen LogP contribution in [-0.4, -0.2) is 30.6 Å². The lowest BCUT2D eigenvalue weighted by atomic mass is 10.0. The smallest absolute Gasteiger partial charge is 0.303 e. The molecule has 19 heavy (non-hydrogen) atoms. The zero-order valence-electron chi connectivity index (χ0n) is 11.2. The van der Waals surface area contributed by atoms with Gasteiger partial charge < -0.3 is 15.2 Å². The van der Waals surface area contributed by atoms with Gasteiger partial charge in [-0.1, -0.05) is 19.4 Å². The molecule has 5 nitrogen and oxygen atoms in total. The highest BCUT2D eigenvalue weighted by Crippen LogP contribution is 2.13. The quantitative estimate of drug-likeness (QED) is 0.789. The minimum absolute atomic E-state index is 0.0490. The molecule has 1 atom stereocenters. The number of amides is 1. The number of hydrogen-bond acceptors (Lipinski definition) is 3. The van der Waals surface area contributed by atoms with Crippen molar-refractivity contribution >= 4 is 11.9 Å². The summed E-state index contributed by atoms with van der Waals surface area (Å²) in [6.07, 6.45) is 0.777. The van der Waals surface area contributed by atoms with Crippen molar-refractivity contribution < 1.29 is 19.4 Å². The molecule has 0 aliphatic heterocycles. The molecular weight excluding hydrogens is 246 g/mol. The maximum absolute atomic E-state index is 11.9. The lowest BCUT2D eigenvalue weighted by Crippen LogP contribution is -2.30. The van der Waals surface area contributed by atoms with Crippen LogP contribution < -0.4 is 10.1 Å². The number of methoxy groups -OCH3 is 1. The Kier molecular flexibility index (Phi) is 5.85. The van der Waals surface area contributed by atoms with E-state index in [0.29, 0.717) is 24.3 Å². The SMILES string of the molecule is CCC(CNC(=O)c1cccc(OC)c1)CC(=O)O. The van der Waals surface area contributed by atoms with Gasteiger partial charge >= 0.3 is 5.97 Å². The van der Waals surface area contributed by atoms with Crippen molar-refractivity contribution in [2.24, 2.45) is 5.92 Å². The van der Waals surface area contributed by atoms with Crippen LogP contribution in [0, 0.1) is 5.92 Å². The number of benzene rings is 1. The number of aliphatic carboxylic acids is 1. The van der Waals surface area contributed by atoms with Crippen LogP contribution in [-0.2, 0) is 4.79 Å². The molecule has 1 aromatic carbocycles. The molecule has 0 spiro atoms. The number of carbonyl (C=O) groups excluding carboxylic acids is 1. The van der Waals surface area contributed by atoms with Crippen LogP contribution in [0.2, 0.25) is 0 Å². The molecule has 1 unspecified atom stereocenters. The second kappa shape index (κ2) is 7.41. The maximum Gasteiger partial charge on any atom is 0.303 e. The minimum atomic E-state index is -0.845. The summed E-state index contributed by atoms with van der Waals surface area (Å²) >= 11 is 0. The summed E-state index contributed by atoms with van der Waals surface area (Å²) in [7, 11) is 1.54. The number of hydrogen-bond donors (Lipinski definition) is 2. The Morgan fingerprint density at radius 3 is 2.74 bits per heavy atom. The van der Waals surface area contributed by atoms with E-state index < -0.39 is 5.97 Å². The average Bonchev–Trinajstić information content (AvgIpc) is 2.42. The van der Waals surface area contributed by atoms with Crippen LogP contribution in [0.5, 0.6) is 5.75 Å². The second-order valence-electron chi connectivity index (χ2n) is 4.31. The molecule has 0 saturated heterocycles. The highest BCUT2D eigenvalue weighted by molar-refractivity contribution is 5.94. The Bertz CT molecular complexity index is 445. The lowest BCUT2D eigenvalue weighted by Gasteiger charge is -2.13. The molecule has 104 valence electrons. The fraction of sp³-hybridized carbons (Fsp3) is 0.429. The van der Waals surface area contributed by atoms with Crippen molar-refractivity contribution in [3.05, 3.63) is 29.8 Å². The maximum atomic E-state index is 11.9. The first kappa shape index (κ1) is 15.0. The van der Waals surface area contributed by atoms with E-state index in [0.717, 1.165) is 0 Å². The number of carboxylic acids is 1. The molecule has 0 saturated carbocycles. The van der Waals surface area contributed by atoms with E-state index in [1.807, 2.05) is 6.92 Å². The zero-order valence-corrected chi connectivity index (χ0v) is 11.2. The number of rotatable bonds is 7. The van der Waals surface area contributed by atoms with Crippen molar-refractivity contribution in [2.45, 2.75) is 19.8 Å². The third-order valence-electron chi connectivity index (χ3n) is 2.92. The minimum Gasteiger partial charge on any atom is -0.497 e. The number of carboxylic acid groups (broad SMARTS) is 1. The van der Waals surface area contributed by atoms with E-state index >= 15 is 0 Å². The molecule has 1 rings (SSSR count). The number of nitrogens with one attached hydrogen (secondary N) is 1. The second-order valence-corrected chi connectivity index (χ2v) is 4.31. The summed E-state index contributed by atoms with van der Waals surface area (Å²) in [5.74, 6) is -0.498. The molecule has 0 fully saturated rings. The summed E-state index contributed by atoms with van der Waals surface area (Å²) in [6, 6.07) is 6.84. The van der Waals surface area contributed by atoms with Gasteiger partial charge in [-0.15, -0.1) is 0 Å². The first-order chi connectivity index (χ1) is 9.06. The standard InChI is InChI=1S/C14H19NO4/c1-3-10(7-13(16)17)9-15-14(18)11-5-4-6-12(8-11)19-2/h4-6,8,10H,3,7,9H2,1-2H3,(H,15,18)(H,16,17). The van der Waals surface area contributed by atoms with Gasteiger partial charge in [0.05, 0.1) is 7.11 Å². The molecular formula is C14H19NO4. The van der Waals surface area contributed by atoms with Gasteiger partial charge in [-0.3, -0.25) is 9.59 Å². The van der Waals surface area contributed by atoms with E-state index in [1.54, 1.807) is 24.3 Å².